The summed E-state index contributed by atoms with van der Waals surface area (Å²) in [7, 11) is 0. The van der Waals surface area contributed by atoms with E-state index in [4.69, 9.17) is 19.4 Å². The molecule has 0 saturated carbocycles. The van der Waals surface area contributed by atoms with E-state index in [2.05, 4.69) is 140 Å². The summed E-state index contributed by atoms with van der Waals surface area (Å²) in [6.45, 7) is 4.65. The van der Waals surface area contributed by atoms with Gasteiger partial charge in [0.25, 0.3) is 0 Å². The molecule has 0 unspecified atom stereocenters. The zero-order chi connectivity index (χ0) is 38.1. The Balaban J connectivity index is 1.21. The summed E-state index contributed by atoms with van der Waals surface area (Å²) in [6.07, 6.45) is 0. The standard InChI is InChI=1S/C52H36N4O/c1-52(2)44-25-15-14-24-40(44)41-27-26-39(32-45(41)52)56(38-22-10-5-11-23-38)46-30-37(29-43-42-28-35-20-12-13-21-36(35)31-47(42)57-48(43)46)51-54-49(33-16-6-3-7-17-33)53-50(55-51)34-18-8-4-9-19-34/h3-32H,1-2H3. The summed E-state index contributed by atoms with van der Waals surface area (Å²) in [6, 6.07) is 63.7. The highest BCUT2D eigenvalue weighted by Gasteiger charge is 2.36. The van der Waals surface area contributed by atoms with Crippen molar-refractivity contribution in [2.45, 2.75) is 19.3 Å². The highest BCUT2D eigenvalue weighted by molar-refractivity contribution is 6.15. The molecule has 0 N–H and O–H groups in total. The highest BCUT2D eigenvalue weighted by Crippen LogP contribution is 2.52. The first-order valence-electron chi connectivity index (χ1n) is 19.4. The lowest BCUT2D eigenvalue weighted by Gasteiger charge is -2.28. The second-order valence-electron chi connectivity index (χ2n) is 15.3. The zero-order valence-corrected chi connectivity index (χ0v) is 31.5. The molecule has 1 aliphatic carbocycles. The predicted molar refractivity (Wildman–Crippen MR) is 233 cm³/mol. The molecule has 2 aromatic heterocycles. The number of hydrogen-bond donors (Lipinski definition) is 0. The number of rotatable bonds is 6. The molecule has 0 amide bonds. The van der Waals surface area contributed by atoms with Crippen LogP contribution in [0.25, 0.3) is 78.0 Å². The molecule has 0 bridgehead atoms. The van der Waals surface area contributed by atoms with Crippen molar-refractivity contribution in [1.82, 2.24) is 15.0 Å². The van der Waals surface area contributed by atoms with E-state index >= 15 is 0 Å². The molecule has 11 rings (SSSR count). The van der Waals surface area contributed by atoms with Crippen LogP contribution in [0.15, 0.2) is 186 Å². The first-order chi connectivity index (χ1) is 28.0. The third-order valence-electron chi connectivity index (χ3n) is 11.5. The van der Waals surface area contributed by atoms with E-state index in [1.807, 2.05) is 60.7 Å². The maximum atomic E-state index is 6.98. The molecule has 10 aromatic rings. The van der Waals surface area contributed by atoms with Crippen LogP contribution in [0.4, 0.5) is 17.1 Å². The van der Waals surface area contributed by atoms with E-state index < -0.39 is 0 Å². The quantitative estimate of drug-likeness (QED) is 0.170. The minimum absolute atomic E-state index is 0.173. The van der Waals surface area contributed by atoms with Crippen molar-refractivity contribution >= 4 is 49.8 Å². The van der Waals surface area contributed by atoms with Crippen LogP contribution < -0.4 is 4.90 Å². The van der Waals surface area contributed by atoms with Gasteiger partial charge in [-0.1, -0.05) is 147 Å². The molecular weight excluding hydrogens is 697 g/mol. The summed E-state index contributed by atoms with van der Waals surface area (Å²) in [5.41, 5.74) is 12.3. The van der Waals surface area contributed by atoms with Crippen molar-refractivity contribution < 1.29 is 4.42 Å². The van der Waals surface area contributed by atoms with Gasteiger partial charge in [-0.3, -0.25) is 0 Å². The average molecular weight is 733 g/mol. The van der Waals surface area contributed by atoms with Crippen molar-refractivity contribution in [3.63, 3.8) is 0 Å². The molecule has 0 saturated heterocycles. The molecule has 0 fully saturated rings. The van der Waals surface area contributed by atoms with E-state index in [0.29, 0.717) is 17.5 Å². The molecule has 8 aromatic carbocycles. The smallest absolute Gasteiger partial charge is 0.164 e. The number of hydrogen-bond acceptors (Lipinski definition) is 5. The second-order valence-corrected chi connectivity index (χ2v) is 15.3. The molecule has 0 aliphatic heterocycles. The number of fused-ring (bicyclic) bond motifs is 7. The Labute approximate surface area is 330 Å². The topological polar surface area (TPSA) is 55.1 Å². The minimum atomic E-state index is -0.173. The number of para-hydroxylation sites is 1. The molecule has 270 valence electrons. The molecular formula is C52H36N4O. The SMILES string of the molecule is CC1(C)c2ccccc2-c2ccc(N(c3ccccc3)c3cc(-c4nc(-c5ccccc5)nc(-c5ccccc5)n4)cc4c3oc3cc5ccccc5cc34)cc21. The fraction of sp³-hybridized carbons (Fsp3) is 0.0577. The van der Waals surface area contributed by atoms with E-state index in [9.17, 15) is 0 Å². The van der Waals surface area contributed by atoms with Crippen molar-refractivity contribution in [3.8, 4) is 45.3 Å². The number of anilines is 3. The van der Waals surface area contributed by atoms with Crippen molar-refractivity contribution in [2.75, 3.05) is 4.90 Å². The highest BCUT2D eigenvalue weighted by atomic mass is 16.3. The minimum Gasteiger partial charge on any atom is -0.454 e. The van der Waals surface area contributed by atoms with Gasteiger partial charge in [-0.25, -0.2) is 15.0 Å². The van der Waals surface area contributed by atoms with Gasteiger partial charge in [0.15, 0.2) is 23.1 Å². The Kier molecular flexibility index (Phi) is 7.45. The van der Waals surface area contributed by atoms with Crippen molar-refractivity contribution in [2.24, 2.45) is 0 Å². The van der Waals surface area contributed by atoms with E-state index in [-0.39, 0.29) is 5.41 Å². The molecule has 5 heteroatoms. The maximum absolute atomic E-state index is 6.98. The third-order valence-corrected chi connectivity index (χ3v) is 11.5. The third kappa shape index (κ3) is 5.42. The Hall–Kier alpha value is -7.37. The first-order valence-corrected chi connectivity index (χ1v) is 19.4. The fourth-order valence-electron chi connectivity index (χ4n) is 8.61. The van der Waals surface area contributed by atoms with Gasteiger partial charge in [-0.15, -0.1) is 0 Å². The average Bonchev–Trinajstić information content (AvgIpc) is 3.74. The van der Waals surface area contributed by atoms with Gasteiger partial charge in [0.2, 0.25) is 0 Å². The number of furan rings is 1. The van der Waals surface area contributed by atoms with Crippen LogP contribution in [0.3, 0.4) is 0 Å². The molecule has 0 radical (unpaired) electrons. The van der Waals surface area contributed by atoms with Crippen LogP contribution >= 0.6 is 0 Å². The zero-order valence-electron chi connectivity index (χ0n) is 31.5. The summed E-state index contributed by atoms with van der Waals surface area (Å²) >= 11 is 0. The van der Waals surface area contributed by atoms with Gasteiger partial charge in [0.05, 0.1) is 5.69 Å². The van der Waals surface area contributed by atoms with Crippen molar-refractivity contribution in [1.29, 1.82) is 0 Å². The Morgan fingerprint density at radius 2 is 1.00 bits per heavy atom. The van der Waals surface area contributed by atoms with Gasteiger partial charge in [0, 0.05) is 44.3 Å². The molecule has 1 aliphatic rings. The van der Waals surface area contributed by atoms with Gasteiger partial charge in [-0.2, -0.15) is 0 Å². The van der Waals surface area contributed by atoms with Crippen LogP contribution in [-0.4, -0.2) is 15.0 Å². The summed E-state index contributed by atoms with van der Waals surface area (Å²) in [5.74, 6) is 1.81. The second kappa shape index (κ2) is 12.9. The lowest BCUT2D eigenvalue weighted by Crippen LogP contribution is -2.16. The largest absolute Gasteiger partial charge is 0.454 e. The van der Waals surface area contributed by atoms with Gasteiger partial charge >= 0.3 is 0 Å². The van der Waals surface area contributed by atoms with Gasteiger partial charge in [-0.05, 0) is 81.6 Å². The first kappa shape index (κ1) is 33.0. The summed E-state index contributed by atoms with van der Waals surface area (Å²) < 4.78 is 6.98. The van der Waals surface area contributed by atoms with E-state index in [0.717, 1.165) is 66.5 Å². The maximum Gasteiger partial charge on any atom is 0.164 e. The molecule has 57 heavy (non-hydrogen) atoms. The number of nitrogens with zero attached hydrogens (tertiary/aromatic N) is 4. The molecule has 0 atom stereocenters. The lowest BCUT2D eigenvalue weighted by molar-refractivity contribution is 0.660. The molecule has 0 spiro atoms. The van der Waals surface area contributed by atoms with Gasteiger partial charge in [0.1, 0.15) is 5.58 Å². The Morgan fingerprint density at radius 3 is 1.68 bits per heavy atom. The van der Waals surface area contributed by atoms with Crippen molar-refractivity contribution in [3.05, 3.63) is 193 Å². The summed E-state index contributed by atoms with van der Waals surface area (Å²) in [5, 5.41) is 4.30. The predicted octanol–water partition coefficient (Wildman–Crippen LogP) is 13.7. The summed E-state index contributed by atoms with van der Waals surface area (Å²) in [4.78, 5) is 17.7. The Morgan fingerprint density at radius 1 is 0.439 bits per heavy atom. The number of aromatic nitrogens is 3. The van der Waals surface area contributed by atoms with Crippen LogP contribution in [0.2, 0.25) is 0 Å². The monoisotopic (exact) mass is 732 g/mol. The van der Waals surface area contributed by atoms with Crippen LogP contribution in [0.5, 0.6) is 0 Å². The van der Waals surface area contributed by atoms with E-state index in [1.165, 1.54) is 22.3 Å². The van der Waals surface area contributed by atoms with Gasteiger partial charge < -0.3 is 9.32 Å². The lowest BCUT2D eigenvalue weighted by atomic mass is 9.82. The molecule has 5 nitrogen and oxygen atoms in total. The Bertz CT molecular complexity index is 3100. The molecule has 2 heterocycles. The van der Waals surface area contributed by atoms with E-state index in [1.54, 1.807) is 0 Å². The van der Waals surface area contributed by atoms with Crippen LogP contribution in [0, 0.1) is 0 Å². The fourth-order valence-corrected chi connectivity index (χ4v) is 8.61. The van der Waals surface area contributed by atoms with Crippen LogP contribution in [0.1, 0.15) is 25.0 Å². The number of benzene rings is 8. The van der Waals surface area contributed by atoms with Crippen LogP contribution in [-0.2, 0) is 5.41 Å². The normalized spacial score (nSPS) is 12.9.